The van der Waals surface area contributed by atoms with Crippen LogP contribution in [0.3, 0.4) is 0 Å². The molecule has 1 aromatic carbocycles. The van der Waals surface area contributed by atoms with Gasteiger partial charge < -0.3 is 5.73 Å². The number of nitrogen functional groups attached to an aromatic ring is 1. The minimum absolute atomic E-state index is 0.123. The van der Waals surface area contributed by atoms with Gasteiger partial charge in [-0.2, -0.15) is 0 Å². The van der Waals surface area contributed by atoms with Crippen LogP contribution in [-0.4, -0.2) is 16.7 Å². The average Bonchev–Trinajstić information content (AvgIpc) is 2.28. The maximum Gasteiger partial charge on any atom is 0.229 e. The molecule has 1 fully saturated rings. The minimum atomic E-state index is -0.141. The molecule has 1 saturated heterocycles. The molecule has 0 spiro atoms. The summed E-state index contributed by atoms with van der Waals surface area (Å²) in [6.07, 6.45) is 0.817. The molecule has 0 saturated carbocycles. The highest BCUT2D eigenvalue weighted by molar-refractivity contribution is 6.31. The second kappa shape index (κ2) is 4.98. The van der Waals surface area contributed by atoms with Crippen molar-refractivity contribution in [2.75, 3.05) is 5.73 Å². The van der Waals surface area contributed by atoms with Gasteiger partial charge in [0.15, 0.2) is 0 Å². The van der Waals surface area contributed by atoms with Gasteiger partial charge in [-0.05, 0) is 29.7 Å². The number of amides is 2. The normalized spacial score (nSPS) is 17.3. The van der Waals surface area contributed by atoms with Crippen molar-refractivity contribution < 1.29 is 9.59 Å². The van der Waals surface area contributed by atoms with Gasteiger partial charge in [-0.25, -0.2) is 0 Å². The minimum Gasteiger partial charge on any atom is -0.399 e. The molecule has 0 bridgehead atoms. The zero-order valence-electron chi connectivity index (χ0n) is 10.1. The van der Waals surface area contributed by atoms with E-state index in [0.717, 1.165) is 0 Å². The summed E-state index contributed by atoms with van der Waals surface area (Å²) in [5, 5.41) is 0.517. The fourth-order valence-corrected chi connectivity index (χ4v) is 2.27. The SMILES string of the molecule is CC1CC(=O)N(Cc2cc(N)ccc2Cl)C(=O)C1. The number of anilines is 1. The molecule has 1 heterocycles. The van der Waals surface area contributed by atoms with Crippen LogP contribution in [0.5, 0.6) is 0 Å². The van der Waals surface area contributed by atoms with E-state index >= 15 is 0 Å². The van der Waals surface area contributed by atoms with Gasteiger partial charge >= 0.3 is 0 Å². The van der Waals surface area contributed by atoms with Gasteiger partial charge in [0.05, 0.1) is 6.54 Å². The summed E-state index contributed by atoms with van der Waals surface area (Å²) < 4.78 is 0. The first-order valence-electron chi connectivity index (χ1n) is 5.84. The van der Waals surface area contributed by atoms with E-state index in [2.05, 4.69) is 0 Å². The fourth-order valence-electron chi connectivity index (χ4n) is 2.09. The molecule has 2 N–H and O–H groups in total. The maximum atomic E-state index is 11.8. The Labute approximate surface area is 111 Å². The van der Waals surface area contributed by atoms with Crippen molar-refractivity contribution in [1.82, 2.24) is 4.90 Å². The Balaban J connectivity index is 2.20. The second-order valence-electron chi connectivity index (χ2n) is 4.74. The molecule has 18 heavy (non-hydrogen) atoms. The van der Waals surface area contributed by atoms with Crippen LogP contribution in [0.25, 0.3) is 0 Å². The summed E-state index contributed by atoms with van der Waals surface area (Å²) in [7, 11) is 0. The number of benzene rings is 1. The monoisotopic (exact) mass is 266 g/mol. The van der Waals surface area contributed by atoms with Gasteiger partial charge in [0, 0.05) is 23.6 Å². The van der Waals surface area contributed by atoms with Gasteiger partial charge in [-0.1, -0.05) is 18.5 Å². The summed E-state index contributed by atoms with van der Waals surface area (Å²) in [6.45, 7) is 2.11. The molecule has 1 aromatic rings. The van der Waals surface area contributed by atoms with Crippen LogP contribution >= 0.6 is 11.6 Å². The van der Waals surface area contributed by atoms with Crippen molar-refractivity contribution in [3.63, 3.8) is 0 Å². The van der Waals surface area contributed by atoms with E-state index in [1.54, 1.807) is 18.2 Å². The molecule has 0 radical (unpaired) electrons. The van der Waals surface area contributed by atoms with E-state index in [1.807, 2.05) is 6.92 Å². The molecule has 4 nitrogen and oxygen atoms in total. The van der Waals surface area contributed by atoms with Gasteiger partial charge in [-0.15, -0.1) is 0 Å². The number of piperidine rings is 1. The molecule has 2 amide bonds. The van der Waals surface area contributed by atoms with Crippen LogP contribution in [0, 0.1) is 5.92 Å². The van der Waals surface area contributed by atoms with Gasteiger partial charge in [-0.3, -0.25) is 14.5 Å². The highest BCUT2D eigenvalue weighted by Crippen LogP contribution is 2.25. The Morgan fingerprint density at radius 3 is 2.56 bits per heavy atom. The molecule has 0 aromatic heterocycles. The summed E-state index contributed by atoms with van der Waals surface area (Å²) in [4.78, 5) is 25.0. The smallest absolute Gasteiger partial charge is 0.229 e. The molecular formula is C13H15ClN2O2. The van der Waals surface area contributed by atoms with Crippen LogP contribution in [-0.2, 0) is 16.1 Å². The maximum absolute atomic E-state index is 11.8. The molecular weight excluding hydrogens is 252 g/mol. The number of nitrogens with zero attached hydrogens (tertiary/aromatic N) is 1. The zero-order valence-corrected chi connectivity index (χ0v) is 10.9. The summed E-state index contributed by atoms with van der Waals surface area (Å²) in [5.74, 6) is -0.160. The lowest BCUT2D eigenvalue weighted by Gasteiger charge is -2.28. The van der Waals surface area contributed by atoms with Crippen molar-refractivity contribution >= 4 is 29.1 Å². The molecule has 0 aliphatic carbocycles. The first-order chi connectivity index (χ1) is 8.47. The molecule has 1 aliphatic rings. The van der Waals surface area contributed by atoms with E-state index in [1.165, 1.54) is 4.90 Å². The Hall–Kier alpha value is -1.55. The predicted molar refractivity (Wildman–Crippen MR) is 69.8 cm³/mol. The Morgan fingerprint density at radius 2 is 1.94 bits per heavy atom. The van der Waals surface area contributed by atoms with Gasteiger partial charge in [0.2, 0.25) is 11.8 Å². The standard InChI is InChI=1S/C13H15ClN2O2/c1-8-4-12(17)16(13(18)5-8)7-9-6-10(15)2-3-11(9)14/h2-3,6,8H,4-5,7,15H2,1H3. The van der Waals surface area contributed by atoms with E-state index in [9.17, 15) is 9.59 Å². The predicted octanol–water partition coefficient (Wildman–Crippen LogP) is 2.21. The van der Waals surface area contributed by atoms with Gasteiger partial charge in [0.25, 0.3) is 0 Å². The number of hydrogen-bond donors (Lipinski definition) is 1. The Morgan fingerprint density at radius 1 is 1.33 bits per heavy atom. The quantitative estimate of drug-likeness (QED) is 0.659. The number of carbonyl (C=O) groups excluding carboxylic acids is 2. The zero-order chi connectivity index (χ0) is 13.3. The van der Waals surface area contributed by atoms with Crippen LogP contribution in [0.4, 0.5) is 5.69 Å². The van der Waals surface area contributed by atoms with Crippen molar-refractivity contribution in [2.45, 2.75) is 26.3 Å². The molecule has 0 atom stereocenters. The number of imide groups is 1. The lowest BCUT2D eigenvalue weighted by Crippen LogP contribution is -2.42. The van der Waals surface area contributed by atoms with Crippen molar-refractivity contribution in [3.8, 4) is 0 Å². The number of carbonyl (C=O) groups is 2. The van der Waals surface area contributed by atoms with E-state index in [0.29, 0.717) is 29.1 Å². The largest absolute Gasteiger partial charge is 0.399 e. The highest BCUT2D eigenvalue weighted by atomic mass is 35.5. The molecule has 2 rings (SSSR count). The van der Waals surface area contributed by atoms with E-state index in [4.69, 9.17) is 17.3 Å². The third kappa shape index (κ3) is 2.64. The van der Waals surface area contributed by atoms with Crippen LogP contribution in [0.1, 0.15) is 25.3 Å². The van der Waals surface area contributed by atoms with Crippen LogP contribution in [0.2, 0.25) is 5.02 Å². The first-order valence-corrected chi connectivity index (χ1v) is 6.22. The van der Waals surface area contributed by atoms with Crippen molar-refractivity contribution in [3.05, 3.63) is 28.8 Å². The summed E-state index contributed by atoms with van der Waals surface area (Å²) in [5.41, 5.74) is 6.95. The van der Waals surface area contributed by atoms with E-state index in [-0.39, 0.29) is 24.3 Å². The number of likely N-dealkylation sites (tertiary alicyclic amines) is 1. The van der Waals surface area contributed by atoms with Crippen molar-refractivity contribution in [1.29, 1.82) is 0 Å². The average molecular weight is 267 g/mol. The number of nitrogens with two attached hydrogens (primary N) is 1. The molecule has 5 heteroatoms. The molecule has 96 valence electrons. The second-order valence-corrected chi connectivity index (χ2v) is 5.15. The lowest BCUT2D eigenvalue weighted by atomic mass is 9.97. The third-order valence-corrected chi connectivity index (χ3v) is 3.42. The van der Waals surface area contributed by atoms with Crippen LogP contribution < -0.4 is 5.73 Å². The van der Waals surface area contributed by atoms with Crippen LogP contribution in [0.15, 0.2) is 18.2 Å². The van der Waals surface area contributed by atoms with E-state index < -0.39 is 0 Å². The number of halogens is 1. The topological polar surface area (TPSA) is 63.4 Å². The molecule has 1 aliphatic heterocycles. The number of rotatable bonds is 2. The van der Waals surface area contributed by atoms with Crippen molar-refractivity contribution in [2.24, 2.45) is 5.92 Å². The Kier molecular flexibility index (Phi) is 3.57. The van der Waals surface area contributed by atoms with Gasteiger partial charge in [0.1, 0.15) is 0 Å². The third-order valence-electron chi connectivity index (χ3n) is 3.05. The first kappa shape index (κ1) is 12.9. The lowest BCUT2D eigenvalue weighted by molar-refractivity contribution is -0.150. The summed E-state index contributed by atoms with van der Waals surface area (Å²) >= 11 is 6.03. The highest BCUT2D eigenvalue weighted by Gasteiger charge is 2.30. The number of hydrogen-bond acceptors (Lipinski definition) is 3. The summed E-state index contributed by atoms with van der Waals surface area (Å²) in [6, 6.07) is 5.06. The fraction of sp³-hybridized carbons (Fsp3) is 0.385. The Bertz CT molecular complexity index is 484. The molecule has 0 unspecified atom stereocenters.